The Morgan fingerprint density at radius 1 is 1.33 bits per heavy atom. The third-order valence-electron chi connectivity index (χ3n) is 4.52. The van der Waals surface area contributed by atoms with Crippen LogP contribution in [0.5, 0.6) is 23.0 Å². The van der Waals surface area contributed by atoms with Crippen molar-refractivity contribution in [3.05, 3.63) is 42.1 Å². The number of para-hydroxylation sites is 1. The molecule has 0 amide bonds. The van der Waals surface area contributed by atoms with Crippen LogP contribution in [-0.4, -0.2) is 37.5 Å². The lowest BCUT2D eigenvalue weighted by atomic mass is 10.1. The van der Waals surface area contributed by atoms with Crippen LogP contribution >= 0.6 is 11.6 Å². The van der Waals surface area contributed by atoms with Crippen molar-refractivity contribution in [1.82, 2.24) is 4.98 Å². The predicted octanol–water partition coefficient (Wildman–Crippen LogP) is 4.54. The molecule has 154 valence electrons. The van der Waals surface area contributed by atoms with Crippen molar-refractivity contribution in [2.75, 3.05) is 31.7 Å². The number of rotatable bonds is 7. The van der Waals surface area contributed by atoms with Crippen LogP contribution in [0.15, 0.2) is 36.5 Å². The molecule has 0 fully saturated rings. The average Bonchev–Trinajstić information content (AvgIpc) is 3.26. The summed E-state index contributed by atoms with van der Waals surface area (Å²) in [7, 11) is 1.48. The number of methoxy groups -OCH3 is 1. The van der Waals surface area contributed by atoms with Gasteiger partial charge in [0.25, 0.3) is 0 Å². The van der Waals surface area contributed by atoms with Gasteiger partial charge in [0.1, 0.15) is 18.8 Å². The first-order chi connectivity index (χ1) is 14.6. The number of anilines is 2. The second-order valence-corrected chi connectivity index (χ2v) is 6.71. The van der Waals surface area contributed by atoms with E-state index >= 15 is 0 Å². The topological polar surface area (TPSA) is 85.6 Å². The molecule has 1 aromatic heterocycles. The normalized spacial score (nSPS) is 13.0. The van der Waals surface area contributed by atoms with Crippen molar-refractivity contribution in [1.29, 1.82) is 5.26 Å². The van der Waals surface area contributed by atoms with Gasteiger partial charge >= 0.3 is 0 Å². The van der Waals surface area contributed by atoms with E-state index in [-0.39, 0.29) is 19.3 Å². The Kier molecular flexibility index (Phi) is 5.63. The van der Waals surface area contributed by atoms with E-state index in [0.29, 0.717) is 50.8 Å². The summed E-state index contributed by atoms with van der Waals surface area (Å²) in [6.07, 6.45) is 0.152. The number of nitrogens with zero attached hydrogens (tertiary/aromatic N) is 2. The third-order valence-corrected chi connectivity index (χ3v) is 4.85. The van der Waals surface area contributed by atoms with Crippen LogP contribution in [0.4, 0.5) is 15.8 Å². The van der Waals surface area contributed by atoms with Crippen molar-refractivity contribution >= 4 is 33.9 Å². The van der Waals surface area contributed by atoms with Gasteiger partial charge in [0, 0.05) is 17.6 Å². The molecule has 0 unspecified atom stereocenters. The minimum Gasteiger partial charge on any atom is -0.493 e. The molecule has 0 saturated carbocycles. The van der Waals surface area contributed by atoms with Crippen LogP contribution in [0, 0.1) is 11.3 Å². The monoisotopic (exact) mass is 429 g/mol. The number of aromatic nitrogens is 1. The van der Waals surface area contributed by atoms with Gasteiger partial charge in [-0.1, -0.05) is 6.07 Å². The second kappa shape index (κ2) is 8.51. The maximum absolute atomic E-state index is 13.5. The highest BCUT2D eigenvalue weighted by Crippen LogP contribution is 2.43. The minimum absolute atomic E-state index is 0.128. The van der Waals surface area contributed by atoms with Crippen LogP contribution in [-0.2, 0) is 0 Å². The first kappa shape index (κ1) is 19.9. The molecule has 0 spiro atoms. The molecule has 1 N–H and O–H groups in total. The molecule has 2 aromatic carbocycles. The molecule has 0 aliphatic carbocycles. The van der Waals surface area contributed by atoms with Gasteiger partial charge in [0.2, 0.25) is 6.79 Å². The van der Waals surface area contributed by atoms with E-state index in [2.05, 4.69) is 16.4 Å². The van der Waals surface area contributed by atoms with E-state index < -0.39 is 6.17 Å². The molecule has 9 heteroatoms. The highest BCUT2D eigenvalue weighted by atomic mass is 35.5. The molecule has 1 atom stereocenters. The van der Waals surface area contributed by atoms with Crippen LogP contribution < -0.4 is 24.3 Å². The summed E-state index contributed by atoms with van der Waals surface area (Å²) >= 11 is 5.50. The number of hydrogen-bond acceptors (Lipinski definition) is 7. The standard InChI is InChI=1S/C21H17ClFN3O4/c1-27-18-5-14-16(6-19(18)28-10-13(23)7-22)25-9-12(8-24)20(14)26-15-3-2-4-17-21(15)30-11-29-17/h2-6,9,13H,7,10-11H2,1H3,(H,25,26)/t13-/m0/s1. The first-order valence-corrected chi connectivity index (χ1v) is 9.57. The molecular weight excluding hydrogens is 413 g/mol. The Hall–Kier alpha value is -3.44. The number of hydrogen-bond donors (Lipinski definition) is 1. The summed E-state index contributed by atoms with van der Waals surface area (Å²) in [5, 5.41) is 13.5. The highest BCUT2D eigenvalue weighted by molar-refractivity contribution is 6.18. The average molecular weight is 430 g/mol. The van der Waals surface area contributed by atoms with E-state index in [4.69, 9.17) is 30.5 Å². The Morgan fingerprint density at radius 2 is 2.20 bits per heavy atom. The molecule has 30 heavy (non-hydrogen) atoms. The number of fused-ring (bicyclic) bond motifs is 2. The second-order valence-electron chi connectivity index (χ2n) is 6.41. The lowest BCUT2D eigenvalue weighted by Gasteiger charge is -2.16. The fourth-order valence-corrected chi connectivity index (χ4v) is 3.17. The third kappa shape index (κ3) is 3.72. The van der Waals surface area contributed by atoms with Gasteiger partial charge in [0.15, 0.2) is 23.0 Å². The molecule has 0 saturated heterocycles. The van der Waals surface area contributed by atoms with Crippen molar-refractivity contribution in [2.24, 2.45) is 0 Å². The fraction of sp³-hybridized carbons (Fsp3) is 0.238. The summed E-state index contributed by atoms with van der Waals surface area (Å²) in [4.78, 5) is 4.34. The van der Waals surface area contributed by atoms with Crippen molar-refractivity contribution < 1.29 is 23.3 Å². The Balaban J connectivity index is 1.79. The van der Waals surface area contributed by atoms with Crippen molar-refractivity contribution in [3.63, 3.8) is 0 Å². The molecule has 1 aliphatic heterocycles. The molecule has 1 aliphatic rings. The number of nitriles is 1. The summed E-state index contributed by atoms with van der Waals surface area (Å²) in [6.45, 7) is -0.0805. The predicted molar refractivity (Wildman–Crippen MR) is 110 cm³/mol. The summed E-state index contributed by atoms with van der Waals surface area (Å²) < 4.78 is 35.4. The lowest BCUT2D eigenvalue weighted by Crippen LogP contribution is -2.14. The van der Waals surface area contributed by atoms with E-state index in [1.165, 1.54) is 13.3 Å². The molecule has 2 heterocycles. The number of halogens is 2. The Bertz CT molecular complexity index is 1140. The number of nitrogens with one attached hydrogen (secondary N) is 1. The maximum Gasteiger partial charge on any atom is 0.231 e. The quantitative estimate of drug-likeness (QED) is 0.551. The Labute approximate surface area is 176 Å². The molecule has 7 nitrogen and oxygen atoms in total. The molecule has 4 rings (SSSR count). The van der Waals surface area contributed by atoms with E-state index in [9.17, 15) is 9.65 Å². The van der Waals surface area contributed by atoms with Crippen LogP contribution in [0.2, 0.25) is 0 Å². The molecule has 0 radical (unpaired) electrons. The summed E-state index contributed by atoms with van der Waals surface area (Å²) in [5.41, 5.74) is 2.05. The number of alkyl halides is 2. The largest absolute Gasteiger partial charge is 0.493 e. The molecule has 3 aromatic rings. The van der Waals surface area contributed by atoms with Gasteiger partial charge in [-0.3, -0.25) is 4.98 Å². The van der Waals surface area contributed by atoms with Crippen LogP contribution in [0.25, 0.3) is 10.9 Å². The minimum atomic E-state index is -1.30. The lowest BCUT2D eigenvalue weighted by molar-refractivity contribution is 0.174. The molecular formula is C21H17ClFN3O4. The zero-order valence-corrected chi connectivity index (χ0v) is 16.7. The van der Waals surface area contributed by atoms with E-state index in [1.807, 2.05) is 12.1 Å². The molecule has 0 bridgehead atoms. The summed E-state index contributed by atoms with van der Waals surface area (Å²) in [6, 6.07) is 10.9. The first-order valence-electron chi connectivity index (χ1n) is 9.04. The van der Waals surface area contributed by atoms with Crippen LogP contribution in [0.1, 0.15) is 5.56 Å². The number of pyridine rings is 1. The maximum atomic E-state index is 13.5. The van der Waals surface area contributed by atoms with Gasteiger partial charge in [-0.15, -0.1) is 11.6 Å². The highest BCUT2D eigenvalue weighted by Gasteiger charge is 2.20. The Morgan fingerprint density at radius 3 is 2.97 bits per heavy atom. The van der Waals surface area contributed by atoms with Gasteiger partial charge in [-0.2, -0.15) is 5.26 Å². The fourth-order valence-electron chi connectivity index (χ4n) is 3.08. The van der Waals surface area contributed by atoms with E-state index in [1.54, 1.807) is 18.2 Å². The zero-order valence-electron chi connectivity index (χ0n) is 15.9. The SMILES string of the molecule is COc1cc2c(Nc3cccc4c3OCO4)c(C#N)cnc2cc1OC[C@@H](F)CCl. The van der Waals surface area contributed by atoms with Crippen molar-refractivity contribution in [2.45, 2.75) is 6.17 Å². The number of ether oxygens (including phenoxy) is 4. The van der Waals surface area contributed by atoms with Gasteiger partial charge in [-0.05, 0) is 18.2 Å². The van der Waals surface area contributed by atoms with Gasteiger partial charge in [0.05, 0.1) is 35.4 Å². The zero-order chi connectivity index (χ0) is 21.1. The van der Waals surface area contributed by atoms with Gasteiger partial charge < -0.3 is 24.3 Å². The number of benzene rings is 2. The van der Waals surface area contributed by atoms with Gasteiger partial charge in [-0.25, -0.2) is 4.39 Å². The summed E-state index contributed by atoms with van der Waals surface area (Å²) in [5.74, 6) is 1.72. The van der Waals surface area contributed by atoms with Crippen LogP contribution in [0.3, 0.4) is 0 Å². The van der Waals surface area contributed by atoms with E-state index in [0.717, 1.165) is 0 Å². The smallest absolute Gasteiger partial charge is 0.231 e. The van der Waals surface area contributed by atoms with Crippen molar-refractivity contribution in [3.8, 4) is 29.1 Å².